The van der Waals surface area contributed by atoms with Crippen molar-refractivity contribution >= 4 is 0 Å². The zero-order chi connectivity index (χ0) is 15.2. The third kappa shape index (κ3) is 9.52. The van der Waals surface area contributed by atoms with Crippen LogP contribution < -0.4 is 5.32 Å². The van der Waals surface area contributed by atoms with Crippen LogP contribution in [0, 0.1) is 0 Å². The summed E-state index contributed by atoms with van der Waals surface area (Å²) in [5, 5.41) is 3.35. The second kappa shape index (κ2) is 12.7. The maximum absolute atomic E-state index is 5.57. The van der Waals surface area contributed by atoms with Crippen LogP contribution in [0.3, 0.4) is 0 Å². The number of hydrogen-bond donors (Lipinski definition) is 1. The zero-order valence-electron chi connectivity index (χ0n) is 13.3. The van der Waals surface area contributed by atoms with Crippen molar-refractivity contribution < 1.29 is 14.2 Å². The molecule has 0 saturated heterocycles. The number of methoxy groups -OCH3 is 1. The molecule has 5 heteroatoms. The van der Waals surface area contributed by atoms with Crippen LogP contribution >= 0.6 is 0 Å². The molecule has 0 atom stereocenters. The fourth-order valence-electron chi connectivity index (χ4n) is 1.80. The summed E-state index contributed by atoms with van der Waals surface area (Å²) in [6, 6.07) is 6.05. The van der Waals surface area contributed by atoms with Crippen LogP contribution in [0.25, 0.3) is 0 Å². The number of pyridine rings is 1. The molecule has 5 nitrogen and oxygen atoms in total. The molecule has 1 N–H and O–H groups in total. The van der Waals surface area contributed by atoms with E-state index in [2.05, 4.69) is 17.2 Å². The van der Waals surface area contributed by atoms with Gasteiger partial charge >= 0.3 is 0 Å². The SMILES string of the molecule is CCCNCc1cccc(COCCOCCCOC)n1. The van der Waals surface area contributed by atoms with Gasteiger partial charge in [-0.1, -0.05) is 13.0 Å². The van der Waals surface area contributed by atoms with E-state index in [1.54, 1.807) is 7.11 Å². The van der Waals surface area contributed by atoms with Crippen molar-refractivity contribution in [3.63, 3.8) is 0 Å². The first kappa shape index (κ1) is 18.0. The molecule has 1 aromatic heterocycles. The Bertz CT molecular complexity index is 361. The molecule has 1 rings (SSSR count). The Morgan fingerprint density at radius 3 is 2.67 bits per heavy atom. The molecule has 0 spiro atoms. The Morgan fingerprint density at radius 1 is 1.05 bits per heavy atom. The molecule has 0 saturated carbocycles. The molecule has 0 aliphatic heterocycles. The number of nitrogens with zero attached hydrogens (tertiary/aromatic N) is 1. The normalized spacial score (nSPS) is 11.0. The summed E-state index contributed by atoms with van der Waals surface area (Å²) >= 11 is 0. The Hall–Kier alpha value is -1.01. The van der Waals surface area contributed by atoms with Gasteiger partial charge in [0.25, 0.3) is 0 Å². The Kier molecular flexibility index (Phi) is 10.9. The highest BCUT2D eigenvalue weighted by molar-refractivity contribution is 5.10. The van der Waals surface area contributed by atoms with Crippen LogP contribution in [-0.2, 0) is 27.4 Å². The molecule has 120 valence electrons. The fraction of sp³-hybridized carbons (Fsp3) is 0.688. The van der Waals surface area contributed by atoms with Gasteiger partial charge < -0.3 is 19.5 Å². The van der Waals surface area contributed by atoms with Crippen molar-refractivity contribution in [1.29, 1.82) is 0 Å². The molecule has 0 aromatic carbocycles. The van der Waals surface area contributed by atoms with Crippen molar-refractivity contribution in [2.24, 2.45) is 0 Å². The van der Waals surface area contributed by atoms with E-state index in [1.807, 2.05) is 18.2 Å². The van der Waals surface area contributed by atoms with Gasteiger partial charge in [-0.05, 0) is 31.5 Å². The first-order chi connectivity index (χ1) is 10.4. The maximum atomic E-state index is 5.57. The van der Waals surface area contributed by atoms with E-state index in [9.17, 15) is 0 Å². The van der Waals surface area contributed by atoms with Crippen LogP contribution in [0.2, 0.25) is 0 Å². The lowest BCUT2D eigenvalue weighted by molar-refractivity contribution is 0.0327. The Balaban J connectivity index is 2.10. The second-order valence-electron chi connectivity index (χ2n) is 4.81. The molecule has 1 aromatic rings. The predicted octanol–water partition coefficient (Wildman–Crippen LogP) is 2.15. The minimum Gasteiger partial charge on any atom is -0.385 e. The fourth-order valence-corrected chi connectivity index (χ4v) is 1.80. The van der Waals surface area contributed by atoms with Crippen LogP contribution in [0.15, 0.2) is 18.2 Å². The lowest BCUT2D eigenvalue weighted by atomic mass is 10.3. The topological polar surface area (TPSA) is 52.6 Å². The highest BCUT2D eigenvalue weighted by atomic mass is 16.5. The average Bonchev–Trinajstić information content (AvgIpc) is 2.51. The quantitative estimate of drug-likeness (QED) is 0.565. The van der Waals surface area contributed by atoms with Crippen molar-refractivity contribution in [1.82, 2.24) is 10.3 Å². The van der Waals surface area contributed by atoms with Crippen molar-refractivity contribution in [2.45, 2.75) is 32.9 Å². The Morgan fingerprint density at radius 2 is 1.86 bits per heavy atom. The van der Waals surface area contributed by atoms with Crippen molar-refractivity contribution in [3.05, 3.63) is 29.6 Å². The van der Waals surface area contributed by atoms with Gasteiger partial charge in [-0.15, -0.1) is 0 Å². The number of aromatic nitrogens is 1. The summed E-state index contributed by atoms with van der Waals surface area (Å²) in [4.78, 5) is 4.56. The smallest absolute Gasteiger partial charge is 0.0889 e. The van der Waals surface area contributed by atoms with E-state index in [4.69, 9.17) is 14.2 Å². The minimum atomic E-state index is 0.531. The van der Waals surface area contributed by atoms with Crippen LogP contribution in [0.1, 0.15) is 31.2 Å². The molecule has 0 fully saturated rings. The molecule has 0 amide bonds. The molecule has 0 unspecified atom stereocenters. The summed E-state index contributed by atoms with van der Waals surface area (Å²) in [6.07, 6.45) is 2.05. The predicted molar refractivity (Wildman–Crippen MR) is 83.2 cm³/mol. The molecule has 1 heterocycles. The molecule has 0 radical (unpaired) electrons. The summed E-state index contributed by atoms with van der Waals surface area (Å²) in [5.41, 5.74) is 2.02. The van der Waals surface area contributed by atoms with Gasteiger partial charge in [0.1, 0.15) is 0 Å². The van der Waals surface area contributed by atoms with Gasteiger partial charge in [0.15, 0.2) is 0 Å². The molecule has 21 heavy (non-hydrogen) atoms. The van der Waals surface area contributed by atoms with Gasteiger partial charge in [0, 0.05) is 26.9 Å². The van der Waals surface area contributed by atoms with Gasteiger partial charge in [-0.25, -0.2) is 0 Å². The third-order valence-electron chi connectivity index (χ3n) is 2.86. The van der Waals surface area contributed by atoms with Gasteiger partial charge in [-0.2, -0.15) is 0 Å². The summed E-state index contributed by atoms with van der Waals surface area (Å²) in [5.74, 6) is 0. The van der Waals surface area contributed by atoms with E-state index in [0.717, 1.165) is 43.9 Å². The standard InChI is InChI=1S/C16H28N2O3/c1-3-8-17-13-15-6-4-7-16(18-15)14-21-12-11-20-10-5-9-19-2/h4,6-7,17H,3,5,8-14H2,1-2H3. The van der Waals surface area contributed by atoms with E-state index in [0.29, 0.717) is 26.4 Å². The van der Waals surface area contributed by atoms with Crippen LogP contribution in [0.4, 0.5) is 0 Å². The van der Waals surface area contributed by atoms with E-state index in [1.165, 1.54) is 0 Å². The van der Waals surface area contributed by atoms with Gasteiger partial charge in [0.2, 0.25) is 0 Å². The minimum absolute atomic E-state index is 0.531. The van der Waals surface area contributed by atoms with Gasteiger partial charge in [-0.3, -0.25) is 4.98 Å². The van der Waals surface area contributed by atoms with Crippen molar-refractivity contribution in [2.75, 3.05) is 40.1 Å². The Labute approximate surface area is 128 Å². The molecule has 0 aliphatic carbocycles. The van der Waals surface area contributed by atoms with E-state index >= 15 is 0 Å². The van der Waals surface area contributed by atoms with Crippen LogP contribution in [0.5, 0.6) is 0 Å². The maximum Gasteiger partial charge on any atom is 0.0889 e. The lowest BCUT2D eigenvalue weighted by Gasteiger charge is -2.07. The number of rotatable bonds is 13. The summed E-state index contributed by atoms with van der Waals surface area (Å²) in [7, 11) is 1.70. The van der Waals surface area contributed by atoms with E-state index < -0.39 is 0 Å². The summed E-state index contributed by atoms with van der Waals surface area (Å²) in [6.45, 7) is 7.17. The number of ether oxygens (including phenoxy) is 3. The van der Waals surface area contributed by atoms with Crippen LogP contribution in [-0.4, -0.2) is 45.1 Å². The highest BCUT2D eigenvalue weighted by Crippen LogP contribution is 2.01. The summed E-state index contributed by atoms with van der Waals surface area (Å²) < 4.78 is 15.9. The first-order valence-corrected chi connectivity index (χ1v) is 7.66. The molecule has 0 bridgehead atoms. The zero-order valence-corrected chi connectivity index (χ0v) is 13.3. The average molecular weight is 296 g/mol. The van der Waals surface area contributed by atoms with Crippen molar-refractivity contribution in [3.8, 4) is 0 Å². The second-order valence-corrected chi connectivity index (χ2v) is 4.81. The van der Waals surface area contributed by atoms with Gasteiger partial charge in [0.05, 0.1) is 31.2 Å². The third-order valence-corrected chi connectivity index (χ3v) is 2.86. The lowest BCUT2D eigenvalue weighted by Crippen LogP contribution is -2.15. The largest absolute Gasteiger partial charge is 0.385 e. The highest BCUT2D eigenvalue weighted by Gasteiger charge is 1.98. The number of nitrogens with one attached hydrogen (secondary N) is 1. The monoisotopic (exact) mass is 296 g/mol. The van der Waals surface area contributed by atoms with E-state index in [-0.39, 0.29) is 0 Å². The number of hydrogen-bond acceptors (Lipinski definition) is 5. The molecular formula is C16H28N2O3. The first-order valence-electron chi connectivity index (χ1n) is 7.66. The molecular weight excluding hydrogens is 268 g/mol. The molecule has 0 aliphatic rings.